The summed E-state index contributed by atoms with van der Waals surface area (Å²) in [5, 5.41) is 16.8. The average Bonchev–Trinajstić information content (AvgIpc) is 3.21. The van der Waals surface area contributed by atoms with E-state index in [4.69, 9.17) is 4.74 Å². The van der Waals surface area contributed by atoms with Gasteiger partial charge in [-0.05, 0) is 31.4 Å². The SMILES string of the molecule is COc1cccnc1CS(=O)CCNC(=C[N+](=O)[O-])NCCCCc1cnc[nH]1. The van der Waals surface area contributed by atoms with Gasteiger partial charge in [0.2, 0.25) is 0 Å². The molecule has 2 rings (SSSR count). The second-order valence-electron chi connectivity index (χ2n) is 6.16. The molecule has 0 fully saturated rings. The molecule has 158 valence electrons. The van der Waals surface area contributed by atoms with Crippen LogP contribution in [0.1, 0.15) is 24.2 Å². The normalized spacial score (nSPS) is 12.4. The van der Waals surface area contributed by atoms with Crippen LogP contribution in [0.4, 0.5) is 0 Å². The van der Waals surface area contributed by atoms with Gasteiger partial charge in [0.1, 0.15) is 5.75 Å². The third-order valence-corrected chi connectivity index (χ3v) is 5.24. The summed E-state index contributed by atoms with van der Waals surface area (Å²) >= 11 is 0. The molecule has 2 aromatic rings. The fraction of sp³-hybridized carbons (Fsp3) is 0.444. The van der Waals surface area contributed by atoms with Gasteiger partial charge in [0.05, 0.1) is 29.8 Å². The zero-order valence-electron chi connectivity index (χ0n) is 16.3. The Morgan fingerprint density at radius 2 is 2.21 bits per heavy atom. The molecule has 0 aliphatic heterocycles. The van der Waals surface area contributed by atoms with Crippen LogP contribution in [-0.2, 0) is 23.0 Å². The van der Waals surface area contributed by atoms with Gasteiger partial charge in [-0.15, -0.1) is 0 Å². The number of nitro groups is 1. The third kappa shape index (κ3) is 8.73. The van der Waals surface area contributed by atoms with Crippen LogP contribution in [0.3, 0.4) is 0 Å². The van der Waals surface area contributed by atoms with Crippen molar-refractivity contribution >= 4 is 10.8 Å². The molecule has 2 aromatic heterocycles. The van der Waals surface area contributed by atoms with Crippen molar-refractivity contribution in [1.82, 2.24) is 25.6 Å². The number of pyridine rings is 1. The van der Waals surface area contributed by atoms with Gasteiger partial charge in [0.25, 0.3) is 6.20 Å². The summed E-state index contributed by atoms with van der Waals surface area (Å²) in [4.78, 5) is 21.5. The number of rotatable bonds is 14. The van der Waals surface area contributed by atoms with Gasteiger partial charge in [-0.2, -0.15) is 0 Å². The topological polar surface area (TPSA) is 135 Å². The first kappa shape index (κ1) is 22.3. The molecule has 0 amide bonds. The Balaban J connectivity index is 1.70. The summed E-state index contributed by atoms with van der Waals surface area (Å²) < 4.78 is 17.5. The van der Waals surface area contributed by atoms with E-state index in [-0.39, 0.29) is 5.75 Å². The van der Waals surface area contributed by atoms with Crippen LogP contribution >= 0.6 is 0 Å². The largest absolute Gasteiger partial charge is 0.495 e. The van der Waals surface area contributed by atoms with Crippen LogP contribution in [0.5, 0.6) is 5.75 Å². The Morgan fingerprint density at radius 1 is 1.38 bits per heavy atom. The van der Waals surface area contributed by atoms with Gasteiger partial charge in [0, 0.05) is 47.7 Å². The van der Waals surface area contributed by atoms with Crippen LogP contribution in [0.15, 0.2) is 42.9 Å². The highest BCUT2D eigenvalue weighted by atomic mass is 32.2. The fourth-order valence-electron chi connectivity index (χ4n) is 2.59. The van der Waals surface area contributed by atoms with Gasteiger partial charge in [-0.25, -0.2) is 4.98 Å². The minimum Gasteiger partial charge on any atom is -0.495 e. The Morgan fingerprint density at radius 3 is 2.93 bits per heavy atom. The number of aromatic nitrogens is 3. The molecule has 0 spiro atoms. The first-order valence-electron chi connectivity index (χ1n) is 9.21. The van der Waals surface area contributed by atoms with Crippen molar-refractivity contribution in [3.05, 3.63) is 64.4 Å². The zero-order valence-corrected chi connectivity index (χ0v) is 17.1. The maximum Gasteiger partial charge on any atom is 0.274 e. The molecule has 0 saturated carbocycles. The molecule has 0 saturated heterocycles. The Hall–Kier alpha value is -2.95. The standard InChI is InChI=1S/C18H26N6O4S/c1-28-17-6-4-8-20-16(17)13-29(27)10-9-22-18(12-24(25)26)21-7-3-2-5-15-11-19-14-23-15/h4,6,8,11-12,14,21-22H,2-3,5,7,9-10,13H2,1H3,(H,19,23). The molecule has 0 radical (unpaired) electrons. The number of unbranched alkanes of at least 4 members (excludes halogenated alkanes) is 1. The highest BCUT2D eigenvalue weighted by Crippen LogP contribution is 2.16. The number of methoxy groups -OCH3 is 1. The van der Waals surface area contributed by atoms with E-state index in [9.17, 15) is 14.3 Å². The molecule has 2 heterocycles. The van der Waals surface area contributed by atoms with Gasteiger partial charge >= 0.3 is 0 Å². The minimum atomic E-state index is -1.18. The van der Waals surface area contributed by atoms with Crippen molar-refractivity contribution in [2.45, 2.75) is 25.0 Å². The summed E-state index contributed by atoms with van der Waals surface area (Å²) in [5.74, 6) is 1.50. The molecule has 0 bridgehead atoms. The second-order valence-corrected chi connectivity index (χ2v) is 7.73. The first-order valence-corrected chi connectivity index (χ1v) is 10.7. The third-order valence-electron chi connectivity index (χ3n) is 3.99. The van der Waals surface area contributed by atoms with Crippen molar-refractivity contribution in [3.63, 3.8) is 0 Å². The van der Waals surface area contributed by atoms with Crippen LogP contribution < -0.4 is 15.4 Å². The second kappa shape index (κ2) is 12.5. The van der Waals surface area contributed by atoms with Crippen LogP contribution in [-0.4, -0.2) is 50.0 Å². The van der Waals surface area contributed by atoms with Crippen molar-refractivity contribution in [1.29, 1.82) is 0 Å². The lowest BCUT2D eigenvalue weighted by Gasteiger charge is -2.11. The van der Waals surface area contributed by atoms with Gasteiger partial charge in [-0.3, -0.25) is 19.3 Å². The molecular weight excluding hydrogens is 396 g/mol. The van der Waals surface area contributed by atoms with Crippen molar-refractivity contribution in [2.75, 3.05) is 26.0 Å². The van der Waals surface area contributed by atoms with E-state index in [1.165, 1.54) is 0 Å². The van der Waals surface area contributed by atoms with E-state index in [1.807, 2.05) is 0 Å². The Kier molecular flexibility index (Phi) is 9.63. The van der Waals surface area contributed by atoms with E-state index >= 15 is 0 Å². The lowest BCUT2D eigenvalue weighted by Crippen LogP contribution is -2.31. The minimum absolute atomic E-state index is 0.265. The van der Waals surface area contributed by atoms with Gasteiger partial charge in [0.15, 0.2) is 5.82 Å². The number of aromatic amines is 1. The predicted octanol–water partition coefficient (Wildman–Crippen LogP) is 1.34. The number of aryl methyl sites for hydroxylation is 1. The van der Waals surface area contributed by atoms with Crippen molar-refractivity contribution in [2.24, 2.45) is 0 Å². The average molecular weight is 423 g/mol. The molecule has 0 aliphatic rings. The number of nitrogens with zero attached hydrogens (tertiary/aromatic N) is 3. The van der Waals surface area contributed by atoms with Crippen molar-refractivity contribution < 1.29 is 13.9 Å². The maximum atomic E-state index is 12.3. The van der Waals surface area contributed by atoms with E-state index in [0.717, 1.165) is 31.2 Å². The van der Waals surface area contributed by atoms with E-state index in [0.29, 0.717) is 36.1 Å². The molecule has 11 heteroatoms. The highest BCUT2D eigenvalue weighted by molar-refractivity contribution is 7.84. The number of hydrogen-bond donors (Lipinski definition) is 3. The number of nitrogens with one attached hydrogen (secondary N) is 3. The van der Waals surface area contributed by atoms with Crippen molar-refractivity contribution in [3.8, 4) is 5.75 Å². The van der Waals surface area contributed by atoms with Crippen LogP contribution in [0.25, 0.3) is 0 Å². The summed E-state index contributed by atoms with van der Waals surface area (Å²) in [7, 11) is 0.365. The number of ether oxygens (including phenoxy) is 1. The maximum absolute atomic E-state index is 12.3. The molecule has 1 unspecified atom stereocenters. The lowest BCUT2D eigenvalue weighted by molar-refractivity contribution is -0.404. The van der Waals surface area contributed by atoms with Crippen LogP contribution in [0, 0.1) is 10.1 Å². The molecule has 29 heavy (non-hydrogen) atoms. The number of imidazole rings is 1. The summed E-state index contributed by atoms with van der Waals surface area (Å²) in [5.41, 5.74) is 1.70. The zero-order chi connectivity index (χ0) is 20.9. The number of hydrogen-bond acceptors (Lipinski definition) is 8. The van der Waals surface area contributed by atoms with E-state index < -0.39 is 15.7 Å². The quantitative estimate of drug-likeness (QED) is 0.236. The molecular formula is C18H26N6O4S. The Bertz CT molecular complexity index is 812. The smallest absolute Gasteiger partial charge is 0.274 e. The molecule has 0 aliphatic carbocycles. The van der Waals surface area contributed by atoms with Gasteiger partial charge in [-0.1, -0.05) is 0 Å². The monoisotopic (exact) mass is 422 g/mol. The summed E-state index contributed by atoms with van der Waals surface area (Å²) in [6.45, 7) is 0.928. The molecule has 3 N–H and O–H groups in total. The lowest BCUT2D eigenvalue weighted by atomic mass is 10.2. The summed E-state index contributed by atoms with van der Waals surface area (Å²) in [6, 6.07) is 3.52. The highest BCUT2D eigenvalue weighted by Gasteiger charge is 2.09. The van der Waals surface area contributed by atoms with E-state index in [2.05, 4.69) is 25.6 Å². The fourth-order valence-corrected chi connectivity index (χ4v) is 3.58. The summed E-state index contributed by atoms with van der Waals surface area (Å²) in [6.07, 6.45) is 8.59. The number of H-pyrrole nitrogens is 1. The Labute approximate surface area is 171 Å². The van der Waals surface area contributed by atoms with Gasteiger partial charge < -0.3 is 20.4 Å². The molecule has 10 nitrogen and oxygen atoms in total. The van der Waals surface area contributed by atoms with E-state index in [1.54, 1.807) is 38.0 Å². The predicted molar refractivity (Wildman–Crippen MR) is 110 cm³/mol. The molecule has 0 aromatic carbocycles. The first-order chi connectivity index (χ1) is 14.1. The molecule has 1 atom stereocenters. The van der Waals surface area contributed by atoms with Crippen LogP contribution in [0.2, 0.25) is 0 Å².